The summed E-state index contributed by atoms with van der Waals surface area (Å²) in [5, 5.41) is 13.5. The van der Waals surface area contributed by atoms with E-state index in [1.165, 1.54) is 4.68 Å². The van der Waals surface area contributed by atoms with E-state index in [1.807, 2.05) is 19.1 Å². The molecule has 1 aromatic heterocycles. The van der Waals surface area contributed by atoms with E-state index in [4.69, 9.17) is 5.73 Å². The molecule has 0 aliphatic carbocycles. The Morgan fingerprint density at radius 1 is 1.35 bits per heavy atom. The highest BCUT2D eigenvalue weighted by atomic mass is 16.3. The van der Waals surface area contributed by atoms with Crippen molar-refractivity contribution in [1.82, 2.24) is 9.78 Å². The van der Waals surface area contributed by atoms with Gasteiger partial charge in [0.25, 0.3) is 5.56 Å². The summed E-state index contributed by atoms with van der Waals surface area (Å²) in [6, 6.07) is 8.48. The van der Waals surface area contributed by atoms with Gasteiger partial charge < -0.3 is 10.8 Å². The third-order valence-electron chi connectivity index (χ3n) is 2.46. The minimum absolute atomic E-state index is 0.0813. The lowest BCUT2D eigenvalue weighted by molar-refractivity contribution is 0.457. The van der Waals surface area contributed by atoms with Crippen LogP contribution in [0.25, 0.3) is 5.69 Å². The fourth-order valence-corrected chi connectivity index (χ4v) is 1.50. The van der Waals surface area contributed by atoms with Gasteiger partial charge in [-0.15, -0.1) is 0 Å². The maximum absolute atomic E-state index is 11.7. The molecule has 0 radical (unpaired) electrons. The molecular weight excluding hydrogens is 218 g/mol. The van der Waals surface area contributed by atoms with Crippen LogP contribution in [0, 0.1) is 6.92 Å². The fourth-order valence-electron chi connectivity index (χ4n) is 1.50. The molecule has 0 unspecified atom stereocenters. The van der Waals surface area contributed by atoms with Gasteiger partial charge in [-0.2, -0.15) is 9.78 Å². The average molecular weight is 231 g/mol. The Morgan fingerprint density at radius 3 is 2.59 bits per heavy atom. The predicted molar refractivity (Wildman–Crippen MR) is 64.1 cm³/mol. The summed E-state index contributed by atoms with van der Waals surface area (Å²) in [4.78, 5) is 11.7. The van der Waals surface area contributed by atoms with E-state index in [0.717, 1.165) is 11.6 Å². The molecule has 2 aromatic rings. The number of aryl methyl sites for hydroxylation is 1. The van der Waals surface area contributed by atoms with Gasteiger partial charge in [-0.25, -0.2) is 0 Å². The molecule has 0 saturated carbocycles. The Kier molecular flexibility index (Phi) is 2.93. The summed E-state index contributed by atoms with van der Waals surface area (Å²) < 4.78 is 1.22. The molecule has 17 heavy (non-hydrogen) atoms. The van der Waals surface area contributed by atoms with Crippen LogP contribution in [0.4, 0.5) is 0 Å². The molecule has 3 N–H and O–H groups in total. The minimum atomic E-state index is -0.386. The predicted octanol–water partition coefficient (Wildman–Crippen LogP) is 0.705. The Hall–Kier alpha value is -2.14. The van der Waals surface area contributed by atoms with Crippen molar-refractivity contribution in [3.8, 4) is 11.4 Å². The summed E-state index contributed by atoms with van der Waals surface area (Å²) >= 11 is 0. The van der Waals surface area contributed by atoms with Crippen LogP contribution in [0.3, 0.4) is 0 Å². The fraction of sp³-hybridized carbons (Fsp3) is 0.167. The number of aromatic nitrogens is 2. The molecule has 0 atom stereocenters. The van der Waals surface area contributed by atoms with Crippen LogP contribution < -0.4 is 11.3 Å². The zero-order valence-electron chi connectivity index (χ0n) is 9.42. The van der Waals surface area contributed by atoms with Crippen molar-refractivity contribution in [3.63, 3.8) is 0 Å². The molecule has 5 heteroatoms. The number of benzene rings is 1. The average Bonchev–Trinajstić information content (AvgIpc) is 2.31. The van der Waals surface area contributed by atoms with Gasteiger partial charge in [0.05, 0.1) is 5.69 Å². The SMILES string of the molecule is Cc1ccc(-n2nc(CN)c(O)cc2=O)cc1. The number of nitrogens with two attached hydrogens (primary N) is 1. The molecule has 0 saturated heterocycles. The first kappa shape index (κ1) is 11.3. The Morgan fingerprint density at radius 2 is 2.00 bits per heavy atom. The maximum Gasteiger partial charge on any atom is 0.275 e. The van der Waals surface area contributed by atoms with Crippen LogP contribution >= 0.6 is 0 Å². The molecule has 88 valence electrons. The van der Waals surface area contributed by atoms with Crippen LogP contribution in [0.15, 0.2) is 35.1 Å². The van der Waals surface area contributed by atoms with Crippen LogP contribution in [-0.2, 0) is 6.54 Å². The van der Waals surface area contributed by atoms with Gasteiger partial charge in [-0.3, -0.25) is 4.79 Å². The molecule has 5 nitrogen and oxygen atoms in total. The zero-order chi connectivity index (χ0) is 12.4. The number of rotatable bonds is 2. The Balaban J connectivity index is 2.59. The van der Waals surface area contributed by atoms with Crippen LogP contribution in [0.5, 0.6) is 5.75 Å². The largest absolute Gasteiger partial charge is 0.506 e. The first-order valence-electron chi connectivity index (χ1n) is 5.21. The van der Waals surface area contributed by atoms with Gasteiger partial charge in [-0.1, -0.05) is 17.7 Å². The van der Waals surface area contributed by atoms with Crippen molar-refractivity contribution >= 4 is 0 Å². The lowest BCUT2D eigenvalue weighted by atomic mass is 10.2. The summed E-state index contributed by atoms with van der Waals surface area (Å²) in [6.45, 7) is 2.04. The molecule has 0 bridgehead atoms. The van der Waals surface area contributed by atoms with Crippen molar-refractivity contribution < 1.29 is 5.11 Å². The molecular formula is C12H13N3O2. The maximum atomic E-state index is 11.7. The molecule has 0 spiro atoms. The van der Waals surface area contributed by atoms with E-state index >= 15 is 0 Å². The minimum Gasteiger partial charge on any atom is -0.506 e. The summed E-state index contributed by atoms with van der Waals surface area (Å²) in [5.74, 6) is -0.166. The summed E-state index contributed by atoms with van der Waals surface area (Å²) in [5.41, 5.74) is 7.09. The van der Waals surface area contributed by atoms with Crippen molar-refractivity contribution in [1.29, 1.82) is 0 Å². The molecule has 0 amide bonds. The second-order valence-electron chi connectivity index (χ2n) is 3.77. The van der Waals surface area contributed by atoms with Crippen LogP contribution in [-0.4, -0.2) is 14.9 Å². The smallest absolute Gasteiger partial charge is 0.275 e. The van der Waals surface area contributed by atoms with Gasteiger partial charge in [0.15, 0.2) is 0 Å². The second-order valence-corrected chi connectivity index (χ2v) is 3.77. The lowest BCUT2D eigenvalue weighted by Crippen LogP contribution is -2.22. The molecule has 0 aliphatic rings. The second kappa shape index (κ2) is 4.39. The van der Waals surface area contributed by atoms with Crippen molar-refractivity contribution in [2.24, 2.45) is 5.73 Å². The van der Waals surface area contributed by atoms with Gasteiger partial charge in [-0.05, 0) is 19.1 Å². The third-order valence-corrected chi connectivity index (χ3v) is 2.46. The number of hydrogen-bond donors (Lipinski definition) is 2. The lowest BCUT2D eigenvalue weighted by Gasteiger charge is -2.07. The third kappa shape index (κ3) is 2.19. The van der Waals surface area contributed by atoms with Crippen molar-refractivity contribution in [2.75, 3.05) is 0 Å². The molecule has 0 fully saturated rings. The first-order valence-corrected chi connectivity index (χ1v) is 5.21. The highest BCUT2D eigenvalue weighted by Gasteiger charge is 2.07. The Bertz CT molecular complexity index is 588. The standard InChI is InChI=1S/C12H13N3O2/c1-8-2-4-9(5-3-8)15-12(17)6-11(16)10(7-13)14-15/h2-6,16H,7,13H2,1H3. The van der Waals surface area contributed by atoms with Crippen LogP contribution in [0.1, 0.15) is 11.3 Å². The van der Waals surface area contributed by atoms with E-state index in [2.05, 4.69) is 5.10 Å². The number of hydrogen-bond acceptors (Lipinski definition) is 4. The van der Waals surface area contributed by atoms with E-state index in [9.17, 15) is 9.90 Å². The van der Waals surface area contributed by atoms with Gasteiger partial charge in [0.2, 0.25) is 0 Å². The van der Waals surface area contributed by atoms with E-state index in [0.29, 0.717) is 11.4 Å². The molecule has 2 rings (SSSR count). The number of nitrogens with zero attached hydrogens (tertiary/aromatic N) is 2. The zero-order valence-corrected chi connectivity index (χ0v) is 9.42. The normalized spacial score (nSPS) is 10.5. The van der Waals surface area contributed by atoms with E-state index in [-0.39, 0.29) is 17.9 Å². The first-order chi connectivity index (χ1) is 8.11. The number of aromatic hydroxyl groups is 1. The highest BCUT2D eigenvalue weighted by Crippen LogP contribution is 2.12. The topological polar surface area (TPSA) is 81.1 Å². The summed E-state index contributed by atoms with van der Waals surface area (Å²) in [7, 11) is 0. The monoisotopic (exact) mass is 231 g/mol. The molecule has 1 heterocycles. The van der Waals surface area contributed by atoms with Crippen molar-refractivity contribution in [2.45, 2.75) is 13.5 Å². The van der Waals surface area contributed by atoms with E-state index in [1.54, 1.807) is 12.1 Å². The van der Waals surface area contributed by atoms with Gasteiger partial charge >= 0.3 is 0 Å². The quantitative estimate of drug-likeness (QED) is 0.797. The van der Waals surface area contributed by atoms with Crippen molar-refractivity contribution in [3.05, 3.63) is 51.9 Å². The highest BCUT2D eigenvalue weighted by molar-refractivity contribution is 5.35. The van der Waals surface area contributed by atoms with E-state index < -0.39 is 0 Å². The van der Waals surface area contributed by atoms with Gasteiger partial charge in [0.1, 0.15) is 11.4 Å². The Labute approximate surface area is 98.1 Å². The van der Waals surface area contributed by atoms with Gasteiger partial charge in [0, 0.05) is 12.6 Å². The van der Waals surface area contributed by atoms with Crippen LogP contribution in [0.2, 0.25) is 0 Å². The summed E-state index contributed by atoms with van der Waals surface area (Å²) in [6.07, 6.45) is 0. The molecule has 0 aliphatic heterocycles. The molecule has 1 aromatic carbocycles.